The number of anilines is 1. The Morgan fingerprint density at radius 3 is 2.94 bits per heavy atom. The molecule has 1 rings (SSSR count). The standard InChI is InChI=1S/C9H11N5O2/c10-7-3-1-2-6(4-7)9(11)13-14-12-5-8(15)16/h1-4H,5,10H2,(H,15,16)(H2,11,12,13). The van der Waals surface area contributed by atoms with Crippen molar-refractivity contribution < 1.29 is 9.90 Å². The lowest BCUT2D eigenvalue weighted by molar-refractivity contribution is -0.135. The monoisotopic (exact) mass is 221 g/mol. The van der Waals surface area contributed by atoms with Crippen LogP contribution in [0.25, 0.3) is 0 Å². The Balaban J connectivity index is 2.55. The number of amidine groups is 1. The highest BCUT2D eigenvalue weighted by molar-refractivity contribution is 5.97. The number of carbonyl (C=O) groups is 1. The molecule has 0 spiro atoms. The number of carboxylic acid groups (broad SMARTS) is 1. The average Bonchev–Trinajstić information content (AvgIpc) is 2.24. The van der Waals surface area contributed by atoms with Gasteiger partial charge in [-0.15, -0.1) is 5.11 Å². The van der Waals surface area contributed by atoms with Gasteiger partial charge in [0.25, 0.3) is 0 Å². The smallest absolute Gasteiger partial charge is 0.324 e. The maximum absolute atomic E-state index is 10.1. The molecule has 84 valence electrons. The average molecular weight is 221 g/mol. The highest BCUT2D eigenvalue weighted by atomic mass is 16.4. The lowest BCUT2D eigenvalue weighted by Gasteiger charge is -1.98. The third kappa shape index (κ3) is 3.74. The summed E-state index contributed by atoms with van der Waals surface area (Å²) >= 11 is 0. The van der Waals surface area contributed by atoms with Crippen LogP contribution in [-0.4, -0.2) is 23.5 Å². The number of aliphatic carboxylic acids is 1. The van der Waals surface area contributed by atoms with Crippen molar-refractivity contribution in [1.82, 2.24) is 5.43 Å². The molecule has 0 fully saturated rings. The van der Waals surface area contributed by atoms with Crippen LogP contribution in [0.5, 0.6) is 0 Å². The Morgan fingerprint density at radius 1 is 1.56 bits per heavy atom. The molecule has 0 bridgehead atoms. The number of carboxylic acids is 1. The molecule has 1 aromatic rings. The summed E-state index contributed by atoms with van der Waals surface area (Å²) in [6.45, 7) is -0.340. The van der Waals surface area contributed by atoms with Crippen LogP contribution in [-0.2, 0) is 4.79 Å². The fourth-order valence-corrected chi connectivity index (χ4v) is 0.932. The van der Waals surface area contributed by atoms with E-state index in [9.17, 15) is 4.79 Å². The molecule has 0 unspecified atom stereocenters. The van der Waals surface area contributed by atoms with Gasteiger partial charge >= 0.3 is 5.97 Å². The van der Waals surface area contributed by atoms with E-state index >= 15 is 0 Å². The molecule has 0 radical (unpaired) electrons. The highest BCUT2D eigenvalue weighted by Crippen LogP contribution is 2.07. The number of benzene rings is 1. The van der Waals surface area contributed by atoms with E-state index in [0.717, 1.165) is 0 Å². The van der Waals surface area contributed by atoms with Crippen molar-refractivity contribution in [3.63, 3.8) is 0 Å². The van der Waals surface area contributed by atoms with Gasteiger partial charge in [-0.05, 0) is 12.1 Å². The van der Waals surface area contributed by atoms with Crippen LogP contribution in [0.4, 0.5) is 5.69 Å². The van der Waals surface area contributed by atoms with Gasteiger partial charge in [0.1, 0.15) is 6.54 Å². The second kappa shape index (κ2) is 5.44. The molecule has 7 nitrogen and oxygen atoms in total. The van der Waals surface area contributed by atoms with E-state index in [-0.39, 0.29) is 12.4 Å². The van der Waals surface area contributed by atoms with Crippen molar-refractivity contribution in [2.75, 3.05) is 12.3 Å². The lowest BCUT2D eigenvalue weighted by atomic mass is 10.2. The van der Waals surface area contributed by atoms with Gasteiger partial charge < -0.3 is 10.8 Å². The summed E-state index contributed by atoms with van der Waals surface area (Å²) in [5.41, 5.74) is 8.75. The SMILES string of the molecule is N=C(/N=N\NCC(=O)O)c1cccc(N)c1. The molecule has 5 N–H and O–H groups in total. The van der Waals surface area contributed by atoms with Crippen LogP contribution in [0, 0.1) is 5.41 Å². The first kappa shape index (κ1) is 11.6. The number of nitrogens with one attached hydrogen (secondary N) is 2. The normalized spacial score (nSPS) is 10.2. The third-order valence-corrected chi connectivity index (χ3v) is 1.61. The Hall–Kier alpha value is -2.44. The van der Waals surface area contributed by atoms with Gasteiger partial charge in [-0.25, -0.2) is 0 Å². The van der Waals surface area contributed by atoms with E-state index in [1.165, 1.54) is 0 Å². The molecule has 0 atom stereocenters. The predicted octanol–water partition coefficient (Wildman–Crippen LogP) is 0.636. The minimum atomic E-state index is -1.05. The number of hydrogen-bond donors (Lipinski definition) is 4. The van der Waals surface area contributed by atoms with Crippen LogP contribution in [0.1, 0.15) is 5.56 Å². The summed E-state index contributed by atoms with van der Waals surface area (Å²) in [6.07, 6.45) is 0. The summed E-state index contributed by atoms with van der Waals surface area (Å²) in [7, 11) is 0. The largest absolute Gasteiger partial charge is 0.480 e. The minimum Gasteiger partial charge on any atom is -0.480 e. The zero-order chi connectivity index (χ0) is 12.0. The fourth-order valence-electron chi connectivity index (χ4n) is 0.932. The first-order valence-electron chi connectivity index (χ1n) is 4.39. The van der Waals surface area contributed by atoms with Gasteiger partial charge in [0.2, 0.25) is 0 Å². The summed E-state index contributed by atoms with van der Waals surface area (Å²) < 4.78 is 0. The second-order valence-corrected chi connectivity index (χ2v) is 2.90. The topological polar surface area (TPSA) is 124 Å². The molecule has 0 aliphatic rings. The van der Waals surface area contributed by atoms with Gasteiger partial charge in [-0.3, -0.25) is 15.6 Å². The quantitative estimate of drug-likeness (QED) is 0.196. The molecular formula is C9H11N5O2. The Labute approximate surface area is 91.5 Å². The van der Waals surface area contributed by atoms with Crippen molar-refractivity contribution in [3.8, 4) is 0 Å². The maximum atomic E-state index is 10.1. The van der Waals surface area contributed by atoms with Crippen LogP contribution in [0.3, 0.4) is 0 Å². The molecule has 0 saturated heterocycles. The second-order valence-electron chi connectivity index (χ2n) is 2.90. The molecule has 16 heavy (non-hydrogen) atoms. The highest BCUT2D eigenvalue weighted by Gasteiger charge is 1.99. The first-order chi connectivity index (χ1) is 7.59. The zero-order valence-corrected chi connectivity index (χ0v) is 8.34. The molecule has 0 amide bonds. The number of nitrogens with zero attached hydrogens (tertiary/aromatic N) is 2. The number of nitrogen functional groups attached to an aromatic ring is 1. The summed E-state index contributed by atoms with van der Waals surface area (Å²) in [5.74, 6) is -1.14. The number of nitrogens with two attached hydrogens (primary N) is 1. The van der Waals surface area contributed by atoms with E-state index < -0.39 is 5.97 Å². The molecule has 0 saturated carbocycles. The van der Waals surface area contributed by atoms with E-state index in [0.29, 0.717) is 11.3 Å². The van der Waals surface area contributed by atoms with E-state index in [2.05, 4.69) is 15.8 Å². The van der Waals surface area contributed by atoms with Gasteiger partial charge in [0.05, 0.1) is 0 Å². The van der Waals surface area contributed by atoms with Crippen LogP contribution in [0.2, 0.25) is 0 Å². The van der Waals surface area contributed by atoms with Crippen LogP contribution < -0.4 is 11.2 Å². The Kier molecular flexibility index (Phi) is 3.96. The van der Waals surface area contributed by atoms with Gasteiger partial charge in [-0.1, -0.05) is 17.4 Å². The molecule has 0 aliphatic heterocycles. The minimum absolute atomic E-state index is 0.0924. The van der Waals surface area contributed by atoms with Crippen LogP contribution in [0.15, 0.2) is 34.6 Å². The van der Waals surface area contributed by atoms with Crippen molar-refractivity contribution in [3.05, 3.63) is 29.8 Å². The molecule has 1 aromatic carbocycles. The maximum Gasteiger partial charge on any atom is 0.324 e. The van der Waals surface area contributed by atoms with E-state index in [4.69, 9.17) is 16.2 Å². The first-order valence-corrected chi connectivity index (χ1v) is 4.39. The summed E-state index contributed by atoms with van der Waals surface area (Å²) in [6, 6.07) is 6.63. The van der Waals surface area contributed by atoms with Crippen LogP contribution >= 0.6 is 0 Å². The van der Waals surface area contributed by atoms with Crippen molar-refractivity contribution in [2.24, 2.45) is 10.3 Å². The fraction of sp³-hybridized carbons (Fsp3) is 0.111. The van der Waals surface area contributed by atoms with Gasteiger partial charge in [0.15, 0.2) is 5.84 Å². The Bertz CT molecular complexity index is 430. The molecular weight excluding hydrogens is 210 g/mol. The Morgan fingerprint density at radius 2 is 2.31 bits per heavy atom. The molecule has 0 heterocycles. The van der Waals surface area contributed by atoms with Crippen molar-refractivity contribution >= 4 is 17.5 Å². The van der Waals surface area contributed by atoms with Gasteiger partial charge in [0, 0.05) is 11.3 Å². The number of hydrogen-bond acceptors (Lipinski definition) is 4. The molecule has 7 heteroatoms. The van der Waals surface area contributed by atoms with E-state index in [1.807, 2.05) is 0 Å². The van der Waals surface area contributed by atoms with Crippen molar-refractivity contribution in [1.29, 1.82) is 5.41 Å². The lowest BCUT2D eigenvalue weighted by Crippen LogP contribution is -2.16. The molecule has 0 aliphatic carbocycles. The van der Waals surface area contributed by atoms with Gasteiger partial charge in [-0.2, -0.15) is 0 Å². The predicted molar refractivity (Wildman–Crippen MR) is 58.2 cm³/mol. The summed E-state index contributed by atoms with van der Waals surface area (Å²) in [4.78, 5) is 10.1. The number of rotatable bonds is 4. The third-order valence-electron chi connectivity index (χ3n) is 1.61. The summed E-state index contributed by atoms with van der Waals surface area (Å²) in [5, 5.41) is 22.6. The van der Waals surface area contributed by atoms with Crippen molar-refractivity contribution in [2.45, 2.75) is 0 Å². The van der Waals surface area contributed by atoms with E-state index in [1.54, 1.807) is 24.3 Å². The molecule has 0 aromatic heterocycles. The zero-order valence-electron chi connectivity index (χ0n) is 8.34.